The third kappa shape index (κ3) is 17.3. The zero-order valence-electron chi connectivity index (χ0n) is 18.8. The fraction of sp³-hybridized carbons (Fsp3) is 1.00. The molecule has 0 aliphatic rings. The van der Waals surface area contributed by atoms with Gasteiger partial charge >= 0.3 is 8.56 Å². The van der Waals surface area contributed by atoms with Crippen molar-refractivity contribution in [3.8, 4) is 0 Å². The molecular weight excluding hydrogens is 324 g/mol. The monoisotopic (exact) mass is 372 g/mol. The topological polar surface area (TPSA) is 18.5 Å². The Balaban J connectivity index is 3.92. The molecule has 0 aliphatic carbocycles. The second-order valence-electron chi connectivity index (χ2n) is 9.85. The Labute approximate surface area is 160 Å². The summed E-state index contributed by atoms with van der Waals surface area (Å²) in [5, 5.41) is 0. The molecule has 0 radical (unpaired) electrons. The molecule has 0 saturated carbocycles. The molecule has 0 N–H and O–H groups in total. The first-order chi connectivity index (χ1) is 11.5. The third-order valence-electron chi connectivity index (χ3n) is 4.28. The summed E-state index contributed by atoms with van der Waals surface area (Å²) in [5.74, 6) is 0. The highest BCUT2D eigenvalue weighted by Gasteiger charge is 2.38. The van der Waals surface area contributed by atoms with E-state index in [1.165, 1.54) is 70.6 Å². The average molecular weight is 373 g/mol. The first kappa shape index (κ1) is 25.1. The standard InChI is InChI=1S/C22H48O2Si/c1-9-10-11-12-13-14-15-16-17-18-19-20-25(8,23-21(2,3)4)24-22(5,6)7/h9-20H2,1-8H3. The molecule has 0 heterocycles. The van der Waals surface area contributed by atoms with Gasteiger partial charge in [-0.1, -0.05) is 77.6 Å². The van der Waals surface area contributed by atoms with Gasteiger partial charge in [0.1, 0.15) is 0 Å². The zero-order valence-corrected chi connectivity index (χ0v) is 19.8. The van der Waals surface area contributed by atoms with Crippen molar-refractivity contribution < 1.29 is 8.85 Å². The minimum absolute atomic E-state index is 0.121. The summed E-state index contributed by atoms with van der Waals surface area (Å²) in [7, 11) is -2.11. The number of unbranched alkanes of at least 4 members (excludes halogenated alkanes) is 10. The van der Waals surface area contributed by atoms with Crippen LogP contribution >= 0.6 is 0 Å². The molecule has 0 aromatic carbocycles. The van der Waals surface area contributed by atoms with E-state index in [0.717, 1.165) is 6.04 Å². The maximum Gasteiger partial charge on any atom is 0.335 e. The Morgan fingerprint density at radius 3 is 1.20 bits per heavy atom. The van der Waals surface area contributed by atoms with Crippen LogP contribution in [0.1, 0.15) is 119 Å². The van der Waals surface area contributed by atoms with E-state index in [0.29, 0.717) is 0 Å². The molecule has 152 valence electrons. The molecule has 2 nitrogen and oxygen atoms in total. The van der Waals surface area contributed by atoms with Gasteiger partial charge in [-0.15, -0.1) is 0 Å². The van der Waals surface area contributed by atoms with Crippen LogP contribution in [-0.4, -0.2) is 19.8 Å². The lowest BCUT2D eigenvalue weighted by Crippen LogP contribution is -2.49. The molecule has 0 aromatic heterocycles. The van der Waals surface area contributed by atoms with E-state index in [1.54, 1.807) is 0 Å². The smallest absolute Gasteiger partial charge is 0.335 e. The van der Waals surface area contributed by atoms with Crippen LogP contribution in [0.3, 0.4) is 0 Å². The Morgan fingerprint density at radius 1 is 0.560 bits per heavy atom. The van der Waals surface area contributed by atoms with Crippen LogP contribution in [0, 0.1) is 0 Å². The van der Waals surface area contributed by atoms with Gasteiger partial charge in [0.05, 0.1) is 11.2 Å². The van der Waals surface area contributed by atoms with E-state index in [9.17, 15) is 0 Å². The molecule has 3 heteroatoms. The molecule has 0 bridgehead atoms. The first-order valence-corrected chi connectivity index (χ1v) is 13.4. The van der Waals surface area contributed by atoms with Gasteiger partial charge in [-0.3, -0.25) is 0 Å². The number of hydrogen-bond acceptors (Lipinski definition) is 2. The quantitative estimate of drug-likeness (QED) is 0.227. The van der Waals surface area contributed by atoms with Crippen LogP contribution in [0.5, 0.6) is 0 Å². The molecular formula is C22H48O2Si. The lowest BCUT2D eigenvalue weighted by atomic mass is 10.1. The highest BCUT2D eigenvalue weighted by Crippen LogP contribution is 2.28. The fourth-order valence-corrected chi connectivity index (χ4v) is 7.26. The van der Waals surface area contributed by atoms with Gasteiger partial charge in [-0.05, 0) is 54.1 Å². The van der Waals surface area contributed by atoms with E-state index in [-0.39, 0.29) is 11.2 Å². The molecule has 0 amide bonds. The molecule has 0 aliphatic heterocycles. The number of rotatable bonds is 14. The molecule has 0 aromatic rings. The molecule has 0 rings (SSSR count). The van der Waals surface area contributed by atoms with Crippen molar-refractivity contribution in [1.82, 2.24) is 0 Å². The summed E-state index contributed by atoms with van der Waals surface area (Å²) in [4.78, 5) is 0. The van der Waals surface area contributed by atoms with Crippen LogP contribution in [0.4, 0.5) is 0 Å². The second kappa shape index (κ2) is 12.5. The minimum Gasteiger partial charge on any atom is -0.389 e. The largest absolute Gasteiger partial charge is 0.389 e. The predicted octanol–water partition coefficient (Wildman–Crippen LogP) is 8.00. The van der Waals surface area contributed by atoms with Crippen molar-refractivity contribution in [2.75, 3.05) is 0 Å². The van der Waals surface area contributed by atoms with E-state index < -0.39 is 8.56 Å². The van der Waals surface area contributed by atoms with Crippen molar-refractivity contribution in [2.24, 2.45) is 0 Å². The van der Waals surface area contributed by atoms with E-state index in [2.05, 4.69) is 55.0 Å². The average Bonchev–Trinajstić information content (AvgIpc) is 2.40. The molecule has 0 unspecified atom stereocenters. The van der Waals surface area contributed by atoms with Gasteiger partial charge in [0.15, 0.2) is 0 Å². The molecule has 0 atom stereocenters. The van der Waals surface area contributed by atoms with Gasteiger partial charge in [0, 0.05) is 0 Å². The molecule has 0 fully saturated rings. The van der Waals surface area contributed by atoms with Gasteiger partial charge < -0.3 is 8.85 Å². The maximum atomic E-state index is 6.41. The molecule has 0 spiro atoms. The maximum absolute atomic E-state index is 6.41. The third-order valence-corrected chi connectivity index (χ3v) is 7.63. The summed E-state index contributed by atoms with van der Waals surface area (Å²) in [6.45, 7) is 17.4. The summed E-state index contributed by atoms with van der Waals surface area (Å²) < 4.78 is 12.8. The lowest BCUT2D eigenvalue weighted by Gasteiger charge is -2.39. The highest BCUT2D eigenvalue weighted by atomic mass is 28.4. The summed E-state index contributed by atoms with van der Waals surface area (Å²) >= 11 is 0. The Morgan fingerprint density at radius 2 is 0.880 bits per heavy atom. The minimum atomic E-state index is -2.11. The van der Waals surface area contributed by atoms with E-state index >= 15 is 0 Å². The van der Waals surface area contributed by atoms with Gasteiger partial charge in [-0.25, -0.2) is 0 Å². The van der Waals surface area contributed by atoms with Gasteiger partial charge in [-0.2, -0.15) is 0 Å². The van der Waals surface area contributed by atoms with Crippen molar-refractivity contribution in [2.45, 2.75) is 143 Å². The van der Waals surface area contributed by atoms with Crippen molar-refractivity contribution in [3.05, 3.63) is 0 Å². The highest BCUT2D eigenvalue weighted by molar-refractivity contribution is 6.66. The first-order valence-electron chi connectivity index (χ1n) is 10.9. The summed E-state index contributed by atoms with van der Waals surface area (Å²) in [6.07, 6.45) is 15.2. The number of hydrogen-bond donors (Lipinski definition) is 0. The Bertz CT molecular complexity index is 299. The van der Waals surface area contributed by atoms with Crippen LogP contribution in [0.2, 0.25) is 12.6 Å². The molecule has 0 saturated heterocycles. The lowest BCUT2D eigenvalue weighted by molar-refractivity contribution is 0.0173. The predicted molar refractivity (Wildman–Crippen MR) is 115 cm³/mol. The van der Waals surface area contributed by atoms with Crippen molar-refractivity contribution >= 4 is 8.56 Å². The second-order valence-corrected chi connectivity index (χ2v) is 13.0. The zero-order chi connectivity index (χ0) is 19.4. The van der Waals surface area contributed by atoms with Crippen LogP contribution < -0.4 is 0 Å². The van der Waals surface area contributed by atoms with Gasteiger partial charge in [0.25, 0.3) is 0 Å². The summed E-state index contributed by atoms with van der Waals surface area (Å²) in [5.41, 5.74) is -0.242. The normalized spacial score (nSPS) is 13.4. The Hall–Kier alpha value is 0.137. The molecule has 25 heavy (non-hydrogen) atoms. The van der Waals surface area contributed by atoms with Crippen LogP contribution in [0.15, 0.2) is 0 Å². The van der Waals surface area contributed by atoms with E-state index in [1.807, 2.05) is 0 Å². The summed E-state index contributed by atoms with van der Waals surface area (Å²) in [6, 6.07) is 1.11. The van der Waals surface area contributed by atoms with Crippen molar-refractivity contribution in [3.63, 3.8) is 0 Å². The Kier molecular flexibility index (Phi) is 12.6. The van der Waals surface area contributed by atoms with Crippen molar-refractivity contribution in [1.29, 1.82) is 0 Å². The van der Waals surface area contributed by atoms with Crippen LogP contribution in [-0.2, 0) is 8.85 Å². The van der Waals surface area contributed by atoms with E-state index in [4.69, 9.17) is 8.85 Å². The SMILES string of the molecule is CCCCCCCCCCCCC[Si](C)(OC(C)(C)C)OC(C)(C)C. The fourth-order valence-electron chi connectivity index (χ4n) is 3.53. The van der Waals surface area contributed by atoms with Crippen LogP contribution in [0.25, 0.3) is 0 Å². The van der Waals surface area contributed by atoms with Gasteiger partial charge in [0.2, 0.25) is 0 Å².